The Bertz CT molecular complexity index is 633. The molecule has 1 amide bonds. The Morgan fingerprint density at radius 1 is 1.30 bits per heavy atom. The zero-order chi connectivity index (χ0) is 16.5. The van der Waals surface area contributed by atoms with Crippen molar-refractivity contribution in [2.75, 3.05) is 13.2 Å². The molecule has 122 valence electrons. The van der Waals surface area contributed by atoms with Crippen LogP contribution in [0.4, 0.5) is 4.39 Å². The van der Waals surface area contributed by atoms with E-state index in [-0.39, 0.29) is 11.7 Å². The van der Waals surface area contributed by atoms with Crippen LogP contribution in [0.5, 0.6) is 0 Å². The quantitative estimate of drug-likeness (QED) is 0.598. The summed E-state index contributed by atoms with van der Waals surface area (Å²) in [5.41, 5.74) is 1.61. The molecule has 2 aromatic rings. The van der Waals surface area contributed by atoms with Crippen molar-refractivity contribution in [1.29, 1.82) is 0 Å². The highest BCUT2D eigenvalue weighted by Crippen LogP contribution is 2.13. The van der Waals surface area contributed by atoms with Gasteiger partial charge in [0.1, 0.15) is 18.2 Å². The van der Waals surface area contributed by atoms with E-state index in [1.54, 1.807) is 18.4 Å². The van der Waals surface area contributed by atoms with E-state index in [9.17, 15) is 9.18 Å². The van der Waals surface area contributed by atoms with Gasteiger partial charge in [0.05, 0.1) is 6.26 Å². The summed E-state index contributed by atoms with van der Waals surface area (Å²) in [6.07, 6.45) is 3.83. The van der Waals surface area contributed by atoms with Crippen molar-refractivity contribution >= 4 is 11.5 Å². The smallest absolute Gasteiger partial charge is 0.244 e. The van der Waals surface area contributed by atoms with Gasteiger partial charge in [-0.2, -0.15) is 0 Å². The number of rotatable bonds is 8. The van der Waals surface area contributed by atoms with Crippen molar-refractivity contribution < 1.29 is 18.3 Å². The zero-order valence-corrected chi connectivity index (χ0v) is 13.0. The number of furan rings is 1. The van der Waals surface area contributed by atoms with Crippen LogP contribution < -0.4 is 5.32 Å². The standard InChI is InChI=1S/C18H20FNO3/c1-14(15-5-7-16(19)8-6-15)12-18(21)20-9-3-10-22-13-17-4-2-11-23-17/h2,4-8,11-12H,3,9-10,13H2,1H3,(H,20,21). The van der Waals surface area contributed by atoms with Gasteiger partial charge in [-0.15, -0.1) is 0 Å². The lowest BCUT2D eigenvalue weighted by Gasteiger charge is -2.05. The lowest BCUT2D eigenvalue weighted by molar-refractivity contribution is -0.116. The van der Waals surface area contributed by atoms with Gasteiger partial charge >= 0.3 is 0 Å². The third-order valence-electron chi connectivity index (χ3n) is 3.24. The molecule has 0 atom stereocenters. The minimum Gasteiger partial charge on any atom is -0.467 e. The maximum atomic E-state index is 12.9. The Hall–Kier alpha value is -2.40. The van der Waals surface area contributed by atoms with Crippen LogP contribution in [0.15, 0.2) is 53.2 Å². The van der Waals surface area contributed by atoms with Gasteiger partial charge < -0.3 is 14.5 Å². The summed E-state index contributed by atoms with van der Waals surface area (Å²) < 4.78 is 23.4. The van der Waals surface area contributed by atoms with Gasteiger partial charge in [-0.3, -0.25) is 4.79 Å². The number of allylic oxidation sites excluding steroid dienone is 1. The first-order chi connectivity index (χ1) is 11.1. The first kappa shape index (κ1) is 17.0. The molecule has 0 unspecified atom stereocenters. The van der Waals surface area contributed by atoms with Gasteiger partial charge in [0.2, 0.25) is 5.91 Å². The highest BCUT2D eigenvalue weighted by Gasteiger charge is 2.01. The van der Waals surface area contributed by atoms with Crippen LogP contribution in [0, 0.1) is 5.82 Å². The number of carbonyl (C=O) groups is 1. The Labute approximate surface area is 135 Å². The van der Waals surface area contributed by atoms with E-state index in [0.29, 0.717) is 19.8 Å². The third kappa shape index (κ3) is 6.08. The fraction of sp³-hybridized carbons (Fsp3) is 0.278. The number of nitrogens with one attached hydrogen (secondary N) is 1. The second kappa shape index (κ2) is 8.90. The van der Waals surface area contributed by atoms with Crippen molar-refractivity contribution in [1.82, 2.24) is 5.32 Å². The van der Waals surface area contributed by atoms with E-state index in [1.165, 1.54) is 18.2 Å². The van der Waals surface area contributed by atoms with E-state index in [0.717, 1.165) is 23.3 Å². The summed E-state index contributed by atoms with van der Waals surface area (Å²) in [6, 6.07) is 9.72. The maximum Gasteiger partial charge on any atom is 0.244 e. The predicted octanol–water partition coefficient (Wildman–Crippen LogP) is 3.55. The summed E-state index contributed by atoms with van der Waals surface area (Å²) >= 11 is 0. The van der Waals surface area contributed by atoms with Crippen molar-refractivity contribution in [2.45, 2.75) is 20.0 Å². The average molecular weight is 317 g/mol. The lowest BCUT2D eigenvalue weighted by atomic mass is 10.1. The molecule has 0 spiro atoms. The Kier molecular flexibility index (Phi) is 6.56. The second-order valence-corrected chi connectivity index (χ2v) is 5.11. The molecule has 0 saturated carbocycles. The number of hydrogen-bond donors (Lipinski definition) is 1. The fourth-order valence-corrected chi connectivity index (χ4v) is 2.00. The average Bonchev–Trinajstić information content (AvgIpc) is 3.04. The van der Waals surface area contributed by atoms with Gasteiger partial charge in [-0.05, 0) is 48.7 Å². The van der Waals surface area contributed by atoms with E-state index < -0.39 is 0 Å². The van der Waals surface area contributed by atoms with E-state index in [2.05, 4.69) is 5.32 Å². The number of ether oxygens (including phenoxy) is 1. The predicted molar refractivity (Wildman–Crippen MR) is 86.0 cm³/mol. The monoisotopic (exact) mass is 317 g/mol. The summed E-state index contributed by atoms with van der Waals surface area (Å²) in [5, 5.41) is 2.80. The molecule has 1 N–H and O–H groups in total. The van der Waals surface area contributed by atoms with Crippen molar-refractivity contribution in [2.24, 2.45) is 0 Å². The number of carbonyl (C=O) groups excluding carboxylic acids is 1. The van der Waals surface area contributed by atoms with Crippen LogP contribution >= 0.6 is 0 Å². The number of halogens is 1. The van der Waals surface area contributed by atoms with Crippen LogP contribution in [0.3, 0.4) is 0 Å². The first-order valence-electron chi connectivity index (χ1n) is 7.47. The van der Waals surface area contributed by atoms with Gasteiger partial charge in [0.25, 0.3) is 0 Å². The molecule has 0 fully saturated rings. The molecule has 4 nitrogen and oxygen atoms in total. The first-order valence-corrected chi connectivity index (χ1v) is 7.47. The Morgan fingerprint density at radius 2 is 2.09 bits per heavy atom. The van der Waals surface area contributed by atoms with Crippen LogP contribution in [-0.2, 0) is 16.1 Å². The van der Waals surface area contributed by atoms with Gasteiger partial charge in [0, 0.05) is 19.2 Å². The molecule has 2 rings (SSSR count). The number of benzene rings is 1. The summed E-state index contributed by atoms with van der Waals surface area (Å²) in [6.45, 7) is 3.33. The number of amides is 1. The van der Waals surface area contributed by atoms with Crippen molar-refractivity contribution in [3.63, 3.8) is 0 Å². The Morgan fingerprint density at radius 3 is 2.78 bits per heavy atom. The molecule has 1 aromatic heterocycles. The third-order valence-corrected chi connectivity index (χ3v) is 3.24. The van der Waals surface area contributed by atoms with Crippen molar-refractivity contribution in [3.05, 3.63) is 65.9 Å². The van der Waals surface area contributed by atoms with E-state index >= 15 is 0 Å². The lowest BCUT2D eigenvalue weighted by Crippen LogP contribution is -2.23. The molecule has 0 bridgehead atoms. The molecule has 5 heteroatoms. The molecule has 0 aliphatic heterocycles. The molecule has 0 radical (unpaired) electrons. The largest absolute Gasteiger partial charge is 0.467 e. The maximum absolute atomic E-state index is 12.9. The number of hydrogen-bond acceptors (Lipinski definition) is 3. The minimum absolute atomic E-state index is 0.169. The minimum atomic E-state index is -0.291. The molecular formula is C18H20FNO3. The summed E-state index contributed by atoms with van der Waals surface area (Å²) in [4.78, 5) is 11.8. The Balaban J connectivity index is 1.64. The summed E-state index contributed by atoms with van der Waals surface area (Å²) in [5.74, 6) is 0.324. The fourth-order valence-electron chi connectivity index (χ4n) is 2.00. The molecule has 0 aliphatic rings. The molecule has 0 saturated heterocycles. The topological polar surface area (TPSA) is 51.5 Å². The van der Waals surface area contributed by atoms with Gasteiger partial charge in [0.15, 0.2) is 0 Å². The van der Waals surface area contributed by atoms with Crippen LogP contribution in [0.25, 0.3) is 5.57 Å². The van der Waals surface area contributed by atoms with Crippen LogP contribution in [0.2, 0.25) is 0 Å². The van der Waals surface area contributed by atoms with Crippen LogP contribution in [0.1, 0.15) is 24.7 Å². The molecule has 0 aliphatic carbocycles. The SMILES string of the molecule is CC(=CC(=O)NCCCOCc1ccco1)c1ccc(F)cc1. The zero-order valence-electron chi connectivity index (χ0n) is 13.0. The summed E-state index contributed by atoms with van der Waals surface area (Å²) in [7, 11) is 0. The van der Waals surface area contributed by atoms with Gasteiger partial charge in [-0.25, -0.2) is 4.39 Å². The highest BCUT2D eigenvalue weighted by molar-refractivity contribution is 5.94. The molecule has 23 heavy (non-hydrogen) atoms. The van der Waals surface area contributed by atoms with E-state index in [1.807, 2.05) is 19.1 Å². The molecule has 1 aromatic carbocycles. The molecular weight excluding hydrogens is 297 g/mol. The highest BCUT2D eigenvalue weighted by atomic mass is 19.1. The normalized spacial score (nSPS) is 11.5. The van der Waals surface area contributed by atoms with Crippen LogP contribution in [-0.4, -0.2) is 19.1 Å². The van der Waals surface area contributed by atoms with Crippen molar-refractivity contribution in [3.8, 4) is 0 Å². The van der Waals surface area contributed by atoms with Gasteiger partial charge in [-0.1, -0.05) is 12.1 Å². The molecule has 1 heterocycles. The second-order valence-electron chi connectivity index (χ2n) is 5.11. The van der Waals surface area contributed by atoms with E-state index in [4.69, 9.17) is 9.15 Å².